The lowest BCUT2D eigenvalue weighted by atomic mass is 9.90. The van der Waals surface area contributed by atoms with Gasteiger partial charge in [0.2, 0.25) is 0 Å². The number of hydrogen-bond acceptors (Lipinski definition) is 1. The van der Waals surface area contributed by atoms with E-state index in [9.17, 15) is 5.48 Å². The highest BCUT2D eigenvalue weighted by Crippen LogP contribution is 2.42. The predicted octanol–water partition coefficient (Wildman–Crippen LogP) is 14.1. The van der Waals surface area contributed by atoms with Crippen molar-refractivity contribution in [2.45, 2.75) is 0 Å². The second-order valence-corrected chi connectivity index (χ2v) is 12.6. The van der Waals surface area contributed by atoms with E-state index in [0.717, 1.165) is 49.8 Å². The highest BCUT2D eigenvalue weighted by molar-refractivity contribution is 6.04. The molecular formula is C50H35N. The normalized spacial score (nSPS) is 12.2. The maximum absolute atomic E-state index is 9.42. The van der Waals surface area contributed by atoms with Crippen molar-refractivity contribution < 1.29 is 5.48 Å². The van der Waals surface area contributed by atoms with E-state index in [1.165, 1.54) is 10.8 Å². The van der Waals surface area contributed by atoms with Gasteiger partial charge in [-0.3, -0.25) is 0 Å². The van der Waals surface area contributed by atoms with Crippen molar-refractivity contribution in [3.8, 4) is 44.5 Å². The Labute approximate surface area is 305 Å². The van der Waals surface area contributed by atoms with E-state index >= 15 is 0 Å². The molecule has 0 aromatic heterocycles. The Hall–Kier alpha value is -6.70. The minimum absolute atomic E-state index is 0.0855. The van der Waals surface area contributed by atoms with E-state index in [1.54, 1.807) is 0 Å². The zero-order valence-electron chi connectivity index (χ0n) is 31.8. The first-order valence-electron chi connectivity index (χ1n) is 19.2. The minimum atomic E-state index is -0.111. The van der Waals surface area contributed by atoms with Gasteiger partial charge in [0, 0.05) is 17.1 Å². The third-order valence-corrected chi connectivity index (χ3v) is 9.53. The largest absolute Gasteiger partial charge is 0.310 e. The first-order chi connectivity index (χ1) is 27.0. The second kappa shape index (κ2) is 13.3. The number of nitrogens with zero attached hydrogens (tertiary/aromatic N) is 1. The predicted molar refractivity (Wildman–Crippen MR) is 218 cm³/mol. The molecule has 0 amide bonds. The van der Waals surface area contributed by atoms with Crippen LogP contribution in [0.25, 0.3) is 66.1 Å². The van der Waals surface area contributed by atoms with Crippen molar-refractivity contribution in [3.05, 3.63) is 212 Å². The Morgan fingerprint density at radius 1 is 0.314 bits per heavy atom. The molecule has 0 bridgehead atoms. The van der Waals surface area contributed by atoms with Crippen LogP contribution < -0.4 is 4.90 Å². The molecule has 0 saturated carbocycles. The molecule has 0 aliphatic rings. The van der Waals surface area contributed by atoms with Gasteiger partial charge >= 0.3 is 0 Å². The molecule has 0 N–H and O–H groups in total. The van der Waals surface area contributed by atoms with Crippen LogP contribution in [-0.4, -0.2) is 0 Å². The molecule has 1 heteroatoms. The fourth-order valence-electron chi connectivity index (χ4n) is 7.08. The number of fused-ring (bicyclic) bond motifs is 2. The summed E-state index contributed by atoms with van der Waals surface area (Å²) in [5.41, 5.74) is 9.01. The fraction of sp³-hybridized carbons (Fsp3) is 0. The molecule has 1 nitrogen and oxygen atoms in total. The fourth-order valence-corrected chi connectivity index (χ4v) is 7.08. The van der Waals surface area contributed by atoms with Crippen molar-refractivity contribution in [2.75, 3.05) is 4.90 Å². The van der Waals surface area contributed by atoms with E-state index < -0.39 is 0 Å². The first-order valence-corrected chi connectivity index (χ1v) is 17.2. The second-order valence-electron chi connectivity index (χ2n) is 12.6. The Morgan fingerprint density at radius 3 is 1.65 bits per heavy atom. The van der Waals surface area contributed by atoms with Gasteiger partial charge in [-0.1, -0.05) is 176 Å². The Bertz CT molecular complexity index is 2820. The quantitative estimate of drug-likeness (QED) is 0.165. The molecule has 0 unspecified atom stereocenters. The summed E-state index contributed by atoms with van der Waals surface area (Å²) in [6, 6.07) is 63.0. The molecule has 0 radical (unpaired) electrons. The molecule has 0 aliphatic heterocycles. The molecule has 0 fully saturated rings. The first kappa shape index (κ1) is 26.2. The topological polar surface area (TPSA) is 3.24 Å². The number of hydrogen-bond donors (Lipinski definition) is 0. The van der Waals surface area contributed by atoms with Crippen LogP contribution >= 0.6 is 0 Å². The number of rotatable bonds is 7. The highest BCUT2D eigenvalue weighted by Gasteiger charge is 2.17. The van der Waals surface area contributed by atoms with Crippen molar-refractivity contribution in [1.29, 1.82) is 0 Å². The third kappa shape index (κ3) is 5.86. The lowest BCUT2D eigenvalue weighted by Crippen LogP contribution is -2.10. The molecule has 0 saturated heterocycles. The lowest BCUT2D eigenvalue weighted by molar-refractivity contribution is 1.28. The minimum Gasteiger partial charge on any atom is -0.310 e. The Morgan fingerprint density at radius 2 is 0.902 bits per heavy atom. The molecule has 240 valence electrons. The van der Waals surface area contributed by atoms with E-state index in [4.69, 9.17) is 0 Å². The van der Waals surface area contributed by atoms with Crippen molar-refractivity contribution >= 4 is 38.6 Å². The maximum Gasteiger partial charge on any atom is 0.0645 e. The average Bonchev–Trinajstić information content (AvgIpc) is 3.25. The van der Waals surface area contributed by atoms with Crippen LogP contribution in [0.3, 0.4) is 0 Å². The van der Waals surface area contributed by atoms with Crippen molar-refractivity contribution in [1.82, 2.24) is 0 Å². The molecule has 0 spiro atoms. The molecular weight excluding hydrogens is 615 g/mol. The zero-order valence-corrected chi connectivity index (χ0v) is 27.8. The van der Waals surface area contributed by atoms with Gasteiger partial charge in [-0.15, -0.1) is 0 Å². The van der Waals surface area contributed by atoms with Crippen LogP contribution in [0.4, 0.5) is 17.1 Å². The molecule has 9 aromatic rings. The van der Waals surface area contributed by atoms with Crippen LogP contribution in [0.2, 0.25) is 0 Å². The molecule has 9 aromatic carbocycles. The zero-order chi connectivity index (χ0) is 37.5. The van der Waals surface area contributed by atoms with E-state index in [2.05, 4.69) is 115 Å². The molecule has 0 aliphatic carbocycles. The average molecular weight is 654 g/mol. The van der Waals surface area contributed by atoms with Gasteiger partial charge in [0.1, 0.15) is 0 Å². The van der Waals surface area contributed by atoms with E-state index in [1.807, 2.05) is 77.7 Å². The van der Waals surface area contributed by atoms with Gasteiger partial charge in [-0.05, 0) is 102 Å². The highest BCUT2D eigenvalue weighted by atomic mass is 15.1. The molecule has 0 heterocycles. The number of benzene rings is 9. The van der Waals surface area contributed by atoms with Gasteiger partial charge < -0.3 is 4.90 Å². The summed E-state index contributed by atoms with van der Waals surface area (Å²) in [7, 11) is 0. The summed E-state index contributed by atoms with van der Waals surface area (Å²) in [5, 5.41) is 4.60. The SMILES string of the molecule is [2H]c1c([2H])c(N(c2ccc(-c3ccc4ccccc4c3-c3ccccc3)cc2)c2cccc(-c3cccc4ccccc34)c2)c([2H])c([2H])c1-c1ccccc1. The summed E-state index contributed by atoms with van der Waals surface area (Å²) in [6.07, 6.45) is 0. The van der Waals surface area contributed by atoms with Gasteiger partial charge in [0.05, 0.1) is 5.48 Å². The monoisotopic (exact) mass is 653 g/mol. The molecule has 51 heavy (non-hydrogen) atoms. The van der Waals surface area contributed by atoms with Gasteiger partial charge in [0.15, 0.2) is 0 Å². The molecule has 0 atom stereocenters. The van der Waals surface area contributed by atoms with Crippen LogP contribution in [0.5, 0.6) is 0 Å². The lowest BCUT2D eigenvalue weighted by Gasteiger charge is -2.27. The van der Waals surface area contributed by atoms with Crippen molar-refractivity contribution in [2.24, 2.45) is 0 Å². The van der Waals surface area contributed by atoms with Gasteiger partial charge in [-0.25, -0.2) is 0 Å². The smallest absolute Gasteiger partial charge is 0.0645 e. The Kier molecular flexibility index (Phi) is 6.84. The van der Waals surface area contributed by atoms with E-state index in [0.29, 0.717) is 11.3 Å². The third-order valence-electron chi connectivity index (χ3n) is 9.53. The van der Waals surface area contributed by atoms with Gasteiger partial charge in [-0.2, -0.15) is 0 Å². The summed E-state index contributed by atoms with van der Waals surface area (Å²) in [5.74, 6) is 0. The van der Waals surface area contributed by atoms with Crippen molar-refractivity contribution in [3.63, 3.8) is 0 Å². The maximum atomic E-state index is 9.42. The standard InChI is InChI=1S/C50H35N/c1-3-13-36(14-4-1)37-25-30-43(31-26-37)51(45-21-11-20-42(35-45)47-24-12-19-38-15-7-9-22-46(38)47)44-32-27-40(28-33-44)49-34-29-39-16-8-10-23-48(39)50(49)41-17-5-2-6-18-41/h1-35H/i25D,26D,30D,31D. The van der Waals surface area contributed by atoms with Crippen LogP contribution in [0.1, 0.15) is 5.48 Å². The summed E-state index contributed by atoms with van der Waals surface area (Å²) in [4.78, 5) is 1.87. The van der Waals surface area contributed by atoms with Crippen LogP contribution in [0, 0.1) is 0 Å². The van der Waals surface area contributed by atoms with Crippen LogP contribution in [-0.2, 0) is 0 Å². The summed E-state index contributed by atoms with van der Waals surface area (Å²) >= 11 is 0. The van der Waals surface area contributed by atoms with Gasteiger partial charge in [0.25, 0.3) is 0 Å². The van der Waals surface area contributed by atoms with Crippen LogP contribution in [0.15, 0.2) is 212 Å². The summed E-state index contributed by atoms with van der Waals surface area (Å²) in [6.45, 7) is 0. The molecule has 9 rings (SSSR count). The summed E-state index contributed by atoms with van der Waals surface area (Å²) < 4.78 is 37.2. The number of anilines is 3. The van der Waals surface area contributed by atoms with E-state index in [-0.39, 0.29) is 35.4 Å². The Balaban J connectivity index is 1.24.